The van der Waals surface area contributed by atoms with E-state index in [-0.39, 0.29) is 24.4 Å². The average molecular weight is 388 g/mol. The highest BCUT2D eigenvalue weighted by Crippen LogP contribution is 2.25. The topological polar surface area (TPSA) is 109 Å². The summed E-state index contributed by atoms with van der Waals surface area (Å²) < 4.78 is 10.3. The van der Waals surface area contributed by atoms with E-state index in [0.717, 1.165) is 5.69 Å². The van der Waals surface area contributed by atoms with Gasteiger partial charge < -0.3 is 14.2 Å². The van der Waals surface area contributed by atoms with Crippen molar-refractivity contribution in [3.63, 3.8) is 0 Å². The van der Waals surface area contributed by atoms with E-state index in [1.165, 1.54) is 23.6 Å². The maximum atomic E-state index is 12.5. The fourth-order valence-corrected chi connectivity index (χ4v) is 3.07. The number of aryl methyl sites for hydroxylation is 1. The van der Waals surface area contributed by atoms with Gasteiger partial charge in [-0.2, -0.15) is 5.26 Å². The third-order valence-electron chi connectivity index (χ3n) is 3.59. The van der Waals surface area contributed by atoms with Crippen LogP contribution in [-0.4, -0.2) is 46.6 Å². The molecule has 0 unspecified atom stereocenters. The summed E-state index contributed by atoms with van der Waals surface area (Å²) in [6.45, 7) is 3.59. The molecule has 0 radical (unpaired) electrons. The van der Waals surface area contributed by atoms with Crippen LogP contribution in [0.4, 0.5) is 0 Å². The Morgan fingerprint density at radius 3 is 2.93 bits per heavy atom. The van der Waals surface area contributed by atoms with Gasteiger partial charge in [-0.15, -0.1) is 0 Å². The van der Waals surface area contributed by atoms with Crippen molar-refractivity contribution in [1.29, 1.82) is 5.26 Å². The Morgan fingerprint density at radius 1 is 1.48 bits per heavy atom. The van der Waals surface area contributed by atoms with Crippen molar-refractivity contribution in [2.75, 3.05) is 13.6 Å². The van der Waals surface area contributed by atoms with Crippen molar-refractivity contribution >= 4 is 23.6 Å². The number of nitriles is 1. The zero-order valence-corrected chi connectivity index (χ0v) is 16.2. The minimum atomic E-state index is -0.961. The van der Waals surface area contributed by atoms with Gasteiger partial charge in [0.25, 0.3) is 5.91 Å². The first-order valence-electron chi connectivity index (χ1n) is 8.25. The molecule has 2 rings (SSSR count). The Kier molecular flexibility index (Phi) is 7.37. The molecule has 2 aromatic heterocycles. The molecule has 1 atom stereocenters. The fraction of sp³-hybridized carbons (Fsp3) is 0.389. The van der Waals surface area contributed by atoms with E-state index in [1.54, 1.807) is 32.3 Å². The molecule has 0 aliphatic carbocycles. The van der Waals surface area contributed by atoms with Crippen LogP contribution in [0.15, 0.2) is 33.9 Å². The number of likely N-dealkylation sites (N-methyl/N-ethyl adjacent to an activating group) is 1. The van der Waals surface area contributed by atoms with E-state index >= 15 is 0 Å². The molecule has 0 aromatic carbocycles. The molecule has 0 spiro atoms. The van der Waals surface area contributed by atoms with E-state index in [0.29, 0.717) is 16.5 Å². The summed E-state index contributed by atoms with van der Waals surface area (Å²) in [6.07, 6.45) is 0.836. The van der Waals surface area contributed by atoms with E-state index < -0.39 is 12.1 Å². The first-order valence-corrected chi connectivity index (χ1v) is 9.24. The Balaban J connectivity index is 2.01. The number of nitrogens with zero attached hydrogens (tertiary/aromatic N) is 4. The molecule has 0 saturated carbocycles. The number of rotatable bonds is 8. The standard InChI is InChI=1S/C18H20N4O4S/c1-12-10-14(21-26-12)11-27-16-15(6-4-8-20-16)18(24)25-13(2)17(23)22(3)9-5-7-19/h4,6,8,10,13H,5,9,11H2,1-3H3/t13-/m0/s1. The molecule has 1 amide bonds. The van der Waals surface area contributed by atoms with Crippen LogP contribution < -0.4 is 0 Å². The molecule has 2 heterocycles. The molecule has 27 heavy (non-hydrogen) atoms. The van der Waals surface area contributed by atoms with E-state index in [1.807, 2.05) is 12.1 Å². The van der Waals surface area contributed by atoms with Crippen molar-refractivity contribution < 1.29 is 18.8 Å². The summed E-state index contributed by atoms with van der Waals surface area (Å²) in [5.74, 6) is 0.199. The van der Waals surface area contributed by atoms with Crippen molar-refractivity contribution in [2.24, 2.45) is 0 Å². The highest BCUT2D eigenvalue weighted by Gasteiger charge is 2.24. The number of hydrogen-bond donors (Lipinski definition) is 0. The molecule has 0 saturated heterocycles. The molecule has 0 N–H and O–H groups in total. The van der Waals surface area contributed by atoms with Crippen LogP contribution >= 0.6 is 11.8 Å². The van der Waals surface area contributed by atoms with Crippen LogP contribution in [0.3, 0.4) is 0 Å². The van der Waals surface area contributed by atoms with E-state index in [2.05, 4.69) is 10.1 Å². The molecule has 0 aliphatic heterocycles. The van der Waals surface area contributed by atoms with Crippen molar-refractivity contribution in [3.8, 4) is 6.07 Å². The molecular formula is C18H20N4O4S. The molecule has 0 aliphatic rings. The smallest absolute Gasteiger partial charge is 0.341 e. The molecule has 9 heteroatoms. The predicted molar refractivity (Wildman–Crippen MR) is 97.8 cm³/mol. The number of carbonyl (C=O) groups excluding carboxylic acids is 2. The number of carbonyl (C=O) groups is 2. The Labute approximate surface area is 161 Å². The number of hydrogen-bond acceptors (Lipinski definition) is 8. The lowest BCUT2D eigenvalue weighted by Crippen LogP contribution is -2.38. The number of esters is 1. The van der Waals surface area contributed by atoms with Gasteiger partial charge in [-0.3, -0.25) is 4.79 Å². The summed E-state index contributed by atoms with van der Waals surface area (Å²) in [6, 6.07) is 7.01. The Bertz CT molecular complexity index is 846. The number of amides is 1. The molecular weight excluding hydrogens is 368 g/mol. The fourth-order valence-electron chi connectivity index (χ4n) is 2.20. The number of pyridine rings is 1. The maximum absolute atomic E-state index is 12.5. The maximum Gasteiger partial charge on any atom is 0.341 e. The second-order valence-corrected chi connectivity index (χ2v) is 6.75. The lowest BCUT2D eigenvalue weighted by Gasteiger charge is -2.20. The third-order valence-corrected chi connectivity index (χ3v) is 4.63. The lowest BCUT2D eigenvalue weighted by molar-refractivity contribution is -0.138. The molecule has 0 bridgehead atoms. The van der Waals surface area contributed by atoms with E-state index in [4.69, 9.17) is 14.5 Å². The van der Waals surface area contributed by atoms with Crippen LogP contribution in [0.25, 0.3) is 0 Å². The zero-order valence-electron chi connectivity index (χ0n) is 15.3. The summed E-state index contributed by atoms with van der Waals surface area (Å²) in [5, 5.41) is 13.0. The summed E-state index contributed by atoms with van der Waals surface area (Å²) in [7, 11) is 1.56. The second kappa shape index (κ2) is 9.73. The van der Waals surface area contributed by atoms with E-state index in [9.17, 15) is 9.59 Å². The van der Waals surface area contributed by atoms with Gasteiger partial charge in [-0.25, -0.2) is 9.78 Å². The van der Waals surface area contributed by atoms with Gasteiger partial charge in [0.05, 0.1) is 23.7 Å². The minimum Gasteiger partial charge on any atom is -0.449 e. The largest absolute Gasteiger partial charge is 0.449 e. The van der Waals surface area contributed by atoms with Crippen LogP contribution in [-0.2, 0) is 15.3 Å². The van der Waals surface area contributed by atoms with Gasteiger partial charge >= 0.3 is 5.97 Å². The highest BCUT2D eigenvalue weighted by atomic mass is 32.2. The molecule has 8 nitrogen and oxygen atoms in total. The van der Waals surface area contributed by atoms with Crippen molar-refractivity contribution in [3.05, 3.63) is 41.4 Å². The first kappa shape index (κ1) is 20.5. The normalized spacial score (nSPS) is 11.5. The quantitative estimate of drug-likeness (QED) is 0.501. The first-order chi connectivity index (χ1) is 12.9. The van der Waals surface area contributed by atoms with Gasteiger partial charge in [0.15, 0.2) is 6.10 Å². The molecule has 2 aromatic rings. The minimum absolute atomic E-state index is 0.216. The van der Waals surface area contributed by atoms with Gasteiger partial charge in [-0.05, 0) is 26.0 Å². The SMILES string of the molecule is Cc1cc(CSc2ncccc2C(=O)O[C@@H](C)C(=O)N(C)CCC#N)no1. The number of thioether (sulfide) groups is 1. The van der Waals surface area contributed by atoms with Crippen molar-refractivity contribution in [1.82, 2.24) is 15.0 Å². The van der Waals surface area contributed by atoms with Crippen LogP contribution in [0, 0.1) is 18.3 Å². The Morgan fingerprint density at radius 2 is 2.26 bits per heavy atom. The van der Waals surface area contributed by atoms with Gasteiger partial charge in [0.2, 0.25) is 0 Å². The van der Waals surface area contributed by atoms with Crippen LogP contribution in [0.5, 0.6) is 0 Å². The predicted octanol–water partition coefficient (Wildman–Crippen LogP) is 2.59. The summed E-state index contributed by atoms with van der Waals surface area (Å²) in [5.41, 5.74) is 1.02. The van der Waals surface area contributed by atoms with Gasteiger partial charge in [-0.1, -0.05) is 16.9 Å². The summed E-state index contributed by atoms with van der Waals surface area (Å²) in [4.78, 5) is 30.3. The summed E-state index contributed by atoms with van der Waals surface area (Å²) >= 11 is 1.33. The lowest BCUT2D eigenvalue weighted by atomic mass is 10.3. The monoisotopic (exact) mass is 388 g/mol. The highest BCUT2D eigenvalue weighted by molar-refractivity contribution is 7.98. The van der Waals surface area contributed by atoms with Crippen LogP contribution in [0.1, 0.15) is 35.2 Å². The van der Waals surface area contributed by atoms with Gasteiger partial charge in [0, 0.05) is 31.6 Å². The van der Waals surface area contributed by atoms with Crippen LogP contribution in [0.2, 0.25) is 0 Å². The van der Waals surface area contributed by atoms with Gasteiger partial charge in [0.1, 0.15) is 10.8 Å². The molecule has 0 fully saturated rings. The zero-order chi connectivity index (χ0) is 19.8. The third kappa shape index (κ3) is 5.82. The molecule has 142 valence electrons. The number of aromatic nitrogens is 2. The van der Waals surface area contributed by atoms with Crippen molar-refractivity contribution in [2.45, 2.75) is 37.2 Å². The Hall–Kier alpha value is -2.86. The number of ether oxygens (including phenoxy) is 1. The second-order valence-electron chi connectivity index (χ2n) is 5.79. The average Bonchev–Trinajstić information content (AvgIpc) is 3.09.